The van der Waals surface area contributed by atoms with Crippen molar-refractivity contribution in [3.05, 3.63) is 35.9 Å². The van der Waals surface area contributed by atoms with Crippen LogP contribution in [0.5, 0.6) is 0 Å². The van der Waals surface area contributed by atoms with E-state index in [1.54, 1.807) is 30.3 Å². The summed E-state index contributed by atoms with van der Waals surface area (Å²) in [6.07, 6.45) is 4.97. The van der Waals surface area contributed by atoms with Crippen molar-refractivity contribution in [3.63, 3.8) is 0 Å². The van der Waals surface area contributed by atoms with E-state index in [9.17, 15) is 24.0 Å². The van der Waals surface area contributed by atoms with Crippen molar-refractivity contribution in [1.29, 1.82) is 0 Å². The first-order valence-corrected chi connectivity index (χ1v) is 16.0. The highest BCUT2D eigenvalue weighted by Crippen LogP contribution is 2.09. The maximum atomic E-state index is 13.6. The average Bonchev–Trinajstić information content (AvgIpc) is 3.05. The number of nitrogens with two attached hydrogens (primary N) is 5. The Balaban J connectivity index is 3.13. The van der Waals surface area contributed by atoms with Gasteiger partial charge in [-0.3, -0.25) is 29.2 Å². The molecule has 0 aliphatic carbocycles. The van der Waals surface area contributed by atoms with Crippen LogP contribution in [0.3, 0.4) is 0 Å². The van der Waals surface area contributed by atoms with Gasteiger partial charge in [0.15, 0.2) is 11.9 Å². The van der Waals surface area contributed by atoms with Gasteiger partial charge in [0.2, 0.25) is 17.7 Å². The lowest BCUT2D eigenvalue weighted by molar-refractivity contribution is -0.133. The van der Waals surface area contributed by atoms with Crippen LogP contribution >= 0.6 is 0 Å². The number of nitrogens with zero attached hydrogens (tertiary/aromatic N) is 2. The van der Waals surface area contributed by atoms with Gasteiger partial charge in [0, 0.05) is 18.7 Å². The lowest BCUT2D eigenvalue weighted by Crippen LogP contribution is -2.57. The zero-order valence-electron chi connectivity index (χ0n) is 27.3. The molecule has 1 aromatic carbocycles. The smallest absolute Gasteiger partial charge is 0.251 e. The Kier molecular flexibility index (Phi) is 20.2. The van der Waals surface area contributed by atoms with Gasteiger partial charge in [0.05, 0.1) is 6.04 Å². The van der Waals surface area contributed by atoms with Crippen LogP contribution in [0.2, 0.25) is 0 Å². The van der Waals surface area contributed by atoms with E-state index in [0.717, 1.165) is 6.42 Å². The lowest BCUT2D eigenvalue weighted by Gasteiger charge is -2.26. The molecule has 262 valence electrons. The predicted molar refractivity (Wildman–Crippen MR) is 182 cm³/mol. The van der Waals surface area contributed by atoms with Crippen LogP contribution in [-0.4, -0.2) is 85.6 Å². The highest BCUT2D eigenvalue weighted by Gasteiger charge is 2.30. The van der Waals surface area contributed by atoms with E-state index >= 15 is 0 Å². The number of amides is 4. The zero-order chi connectivity index (χ0) is 35.0. The molecule has 0 aliphatic rings. The number of aldehydes is 1. The number of hydrogen-bond donors (Lipinski definition) is 9. The first-order chi connectivity index (χ1) is 22.5. The maximum absolute atomic E-state index is 13.6. The van der Waals surface area contributed by atoms with E-state index in [0.29, 0.717) is 56.9 Å². The largest absolute Gasteiger partial charge is 0.370 e. The van der Waals surface area contributed by atoms with Gasteiger partial charge in [-0.1, -0.05) is 38.0 Å². The molecule has 0 bridgehead atoms. The molecule has 0 fully saturated rings. The van der Waals surface area contributed by atoms with Gasteiger partial charge in [-0.2, -0.15) is 0 Å². The minimum absolute atomic E-state index is 0.0800. The van der Waals surface area contributed by atoms with Crippen LogP contribution in [-0.2, 0) is 19.2 Å². The second-order valence-electron chi connectivity index (χ2n) is 11.1. The first kappa shape index (κ1) is 40.3. The molecule has 0 heterocycles. The quantitative estimate of drug-likeness (QED) is 0.0278. The van der Waals surface area contributed by atoms with Crippen LogP contribution in [0.1, 0.15) is 81.5 Å². The molecule has 0 saturated heterocycles. The lowest BCUT2D eigenvalue weighted by atomic mass is 10.0. The molecular formula is C31H53N11O5. The van der Waals surface area contributed by atoms with E-state index in [1.807, 2.05) is 6.92 Å². The highest BCUT2D eigenvalue weighted by atomic mass is 16.2. The van der Waals surface area contributed by atoms with E-state index < -0.39 is 47.8 Å². The number of nitrogens with one attached hydrogen (secondary N) is 4. The fourth-order valence-electron chi connectivity index (χ4n) is 4.56. The summed E-state index contributed by atoms with van der Waals surface area (Å²) >= 11 is 0. The molecule has 4 atom stereocenters. The molecule has 4 amide bonds. The monoisotopic (exact) mass is 659 g/mol. The molecule has 1 aromatic rings. The molecule has 0 saturated carbocycles. The van der Waals surface area contributed by atoms with E-state index in [-0.39, 0.29) is 44.3 Å². The summed E-state index contributed by atoms with van der Waals surface area (Å²) in [4.78, 5) is 72.8. The molecule has 0 aliphatic heterocycles. The number of rotatable bonds is 24. The van der Waals surface area contributed by atoms with Crippen molar-refractivity contribution in [3.8, 4) is 0 Å². The molecule has 0 radical (unpaired) electrons. The molecule has 0 unspecified atom stereocenters. The van der Waals surface area contributed by atoms with Crippen LogP contribution in [0.25, 0.3) is 0 Å². The summed E-state index contributed by atoms with van der Waals surface area (Å²) in [5.74, 6) is -2.32. The molecule has 0 aromatic heterocycles. The van der Waals surface area contributed by atoms with Crippen molar-refractivity contribution in [2.45, 2.75) is 95.3 Å². The fraction of sp³-hybridized carbons (Fsp3) is 0.581. The number of unbranched alkanes of at least 4 members (excludes halogenated alkanes) is 2. The minimum Gasteiger partial charge on any atom is -0.370 e. The number of hydrogen-bond acceptors (Lipinski definition) is 8. The summed E-state index contributed by atoms with van der Waals surface area (Å²) in [7, 11) is 0. The van der Waals surface area contributed by atoms with Crippen molar-refractivity contribution in [2.75, 3.05) is 19.6 Å². The molecule has 47 heavy (non-hydrogen) atoms. The Morgan fingerprint density at radius 2 is 1.17 bits per heavy atom. The van der Waals surface area contributed by atoms with Gasteiger partial charge in [-0.25, -0.2) is 0 Å². The molecule has 16 heteroatoms. The summed E-state index contributed by atoms with van der Waals surface area (Å²) in [6.45, 7) is 2.83. The molecule has 1 rings (SSSR count). The van der Waals surface area contributed by atoms with Gasteiger partial charge < -0.3 is 54.7 Å². The van der Waals surface area contributed by atoms with Crippen LogP contribution in [0.4, 0.5) is 0 Å². The molecule has 0 spiro atoms. The van der Waals surface area contributed by atoms with E-state index in [4.69, 9.17) is 28.7 Å². The highest BCUT2D eigenvalue weighted by molar-refractivity contribution is 5.98. The standard InChI is InChI=1S/C31H53N11O5/c1-2-3-14-23(40-26(44)21-11-5-4-6-12-21)28(46)41-24(15-7-8-17-32)29(47)42-25(16-10-19-38-31(35)36)27(45)39-22(20-43)13-9-18-37-30(33)34/h4-6,11-12,20,22-25H,2-3,7-10,13-19,32H2,1H3,(H,39,45)(H,40,44)(H,41,46)(H,42,47)(H4,33,34,37)(H4,35,36,38)/t22-,23-,24+,25-/m0/s1. The maximum Gasteiger partial charge on any atom is 0.251 e. The number of benzene rings is 1. The summed E-state index contributed by atoms with van der Waals surface area (Å²) in [6, 6.07) is 4.69. The van der Waals surface area contributed by atoms with Crippen LogP contribution in [0.15, 0.2) is 40.3 Å². The molecule has 14 N–H and O–H groups in total. The average molecular weight is 660 g/mol. The predicted octanol–water partition coefficient (Wildman–Crippen LogP) is -1.14. The number of aliphatic imine (C=N–C) groups is 2. The number of guanidine groups is 2. The Morgan fingerprint density at radius 1 is 0.681 bits per heavy atom. The summed E-state index contributed by atoms with van der Waals surface area (Å²) in [5.41, 5.74) is 27.6. The van der Waals surface area contributed by atoms with Crippen LogP contribution < -0.4 is 49.9 Å². The number of carbonyl (C=O) groups excluding carboxylic acids is 5. The van der Waals surface area contributed by atoms with E-state index in [1.165, 1.54) is 0 Å². The van der Waals surface area contributed by atoms with Crippen molar-refractivity contribution >= 4 is 41.8 Å². The topological polar surface area (TPSA) is 288 Å². The van der Waals surface area contributed by atoms with Crippen molar-refractivity contribution < 1.29 is 24.0 Å². The summed E-state index contributed by atoms with van der Waals surface area (Å²) < 4.78 is 0. The number of carbonyl (C=O) groups is 5. The molecular weight excluding hydrogens is 606 g/mol. The SMILES string of the molecule is CCCC[C@H](NC(=O)c1ccccc1)C(=O)N[C@H](CCCCN)C(=O)N[C@@H](CCCN=C(N)N)C(=O)N[C@H](C=O)CCCN=C(N)N. The first-order valence-electron chi connectivity index (χ1n) is 16.0. The minimum atomic E-state index is -1.07. The van der Waals surface area contributed by atoms with Crippen molar-refractivity contribution in [2.24, 2.45) is 38.7 Å². The van der Waals surface area contributed by atoms with E-state index in [2.05, 4.69) is 31.3 Å². The zero-order valence-corrected chi connectivity index (χ0v) is 27.3. The normalized spacial score (nSPS) is 13.1. The fourth-order valence-corrected chi connectivity index (χ4v) is 4.56. The molecule has 16 nitrogen and oxygen atoms in total. The Bertz CT molecular complexity index is 1170. The van der Waals surface area contributed by atoms with Gasteiger partial charge in [-0.15, -0.1) is 0 Å². The third-order valence-corrected chi connectivity index (χ3v) is 7.12. The Morgan fingerprint density at radius 3 is 1.68 bits per heavy atom. The second-order valence-corrected chi connectivity index (χ2v) is 11.1. The van der Waals surface area contributed by atoms with Gasteiger partial charge in [0.1, 0.15) is 24.4 Å². The summed E-state index contributed by atoms with van der Waals surface area (Å²) in [5, 5.41) is 10.9. The third kappa shape index (κ3) is 17.5. The van der Waals surface area contributed by atoms with Crippen LogP contribution in [0, 0.1) is 0 Å². The van der Waals surface area contributed by atoms with Gasteiger partial charge in [0.25, 0.3) is 5.91 Å². The second kappa shape index (κ2) is 23.6. The third-order valence-electron chi connectivity index (χ3n) is 7.12. The van der Waals surface area contributed by atoms with Crippen molar-refractivity contribution in [1.82, 2.24) is 21.3 Å². The Labute approximate surface area is 276 Å². The Hall–Kier alpha value is -4.73. The van der Waals surface area contributed by atoms with Gasteiger partial charge in [-0.05, 0) is 70.0 Å². The van der Waals surface area contributed by atoms with Gasteiger partial charge >= 0.3 is 0 Å².